The number of benzene rings is 1. The van der Waals surface area contributed by atoms with Gasteiger partial charge in [0.05, 0.1) is 10.5 Å². The lowest BCUT2D eigenvalue weighted by molar-refractivity contribution is 0.0695. The molecule has 1 aliphatic rings. The Morgan fingerprint density at radius 3 is 2.65 bits per heavy atom. The van der Waals surface area contributed by atoms with E-state index in [-0.39, 0.29) is 16.5 Å². The Labute approximate surface area is 126 Å². The van der Waals surface area contributed by atoms with Crippen LogP contribution in [0.4, 0.5) is 0 Å². The van der Waals surface area contributed by atoms with Gasteiger partial charge in [-0.2, -0.15) is 0 Å². The molecule has 0 radical (unpaired) electrons. The normalized spacial score (nSPS) is 22.9. The number of carbonyl (C=O) groups is 1. The third-order valence-electron chi connectivity index (χ3n) is 3.50. The second-order valence-electron chi connectivity index (χ2n) is 5.18. The number of hydrogen-bond acceptors (Lipinski definition) is 3. The van der Waals surface area contributed by atoms with Gasteiger partial charge < -0.3 is 5.11 Å². The fourth-order valence-corrected chi connectivity index (χ4v) is 4.16. The Balaban J connectivity index is 2.25. The molecule has 2 unspecified atom stereocenters. The molecule has 2 N–H and O–H groups in total. The van der Waals surface area contributed by atoms with Crippen molar-refractivity contribution in [2.24, 2.45) is 5.92 Å². The molecule has 7 heteroatoms. The minimum atomic E-state index is -3.67. The Morgan fingerprint density at radius 2 is 2.10 bits per heavy atom. The summed E-state index contributed by atoms with van der Waals surface area (Å²) in [5.74, 6) is -0.648. The maximum absolute atomic E-state index is 12.3. The molecule has 1 aliphatic carbocycles. The maximum Gasteiger partial charge on any atom is 0.336 e. The standard InChI is InChI=1S/C13H16BrNO4S/c1-8-2-3-9(6-8)15-20(18,19)10-4-5-12(14)11(7-10)13(16)17/h4-5,7-9,15H,2-3,6H2,1H3,(H,16,17). The molecule has 0 heterocycles. The molecule has 1 aromatic rings. The average Bonchev–Trinajstić information content (AvgIpc) is 2.73. The molecule has 0 saturated heterocycles. The van der Waals surface area contributed by atoms with Crippen LogP contribution in [0.15, 0.2) is 27.6 Å². The Kier molecular flexibility index (Phi) is 4.51. The van der Waals surface area contributed by atoms with Crippen molar-refractivity contribution in [2.75, 3.05) is 0 Å². The van der Waals surface area contributed by atoms with Crippen molar-refractivity contribution < 1.29 is 18.3 Å². The molecule has 1 fully saturated rings. The van der Waals surface area contributed by atoms with E-state index in [0.29, 0.717) is 10.4 Å². The number of hydrogen-bond donors (Lipinski definition) is 2. The van der Waals surface area contributed by atoms with Crippen LogP contribution >= 0.6 is 15.9 Å². The van der Waals surface area contributed by atoms with Gasteiger partial charge in [0.2, 0.25) is 10.0 Å². The largest absolute Gasteiger partial charge is 0.478 e. The summed E-state index contributed by atoms with van der Waals surface area (Å²) in [6, 6.07) is 3.95. The quantitative estimate of drug-likeness (QED) is 0.863. The van der Waals surface area contributed by atoms with Gasteiger partial charge in [0, 0.05) is 10.5 Å². The lowest BCUT2D eigenvalue weighted by Gasteiger charge is -2.13. The lowest BCUT2D eigenvalue weighted by atomic mass is 10.1. The van der Waals surface area contributed by atoms with E-state index in [1.54, 1.807) is 0 Å². The molecule has 0 aliphatic heterocycles. The summed E-state index contributed by atoms with van der Waals surface area (Å²) in [6.07, 6.45) is 2.65. The molecule has 0 spiro atoms. The highest BCUT2D eigenvalue weighted by molar-refractivity contribution is 9.10. The average molecular weight is 362 g/mol. The van der Waals surface area contributed by atoms with Gasteiger partial charge in [0.15, 0.2) is 0 Å². The van der Waals surface area contributed by atoms with Crippen LogP contribution in [-0.2, 0) is 10.0 Å². The molecule has 2 rings (SSSR count). The summed E-state index contributed by atoms with van der Waals surface area (Å²) in [4.78, 5) is 11.0. The summed E-state index contributed by atoms with van der Waals surface area (Å²) < 4.78 is 27.5. The third kappa shape index (κ3) is 3.39. The highest BCUT2D eigenvalue weighted by Crippen LogP contribution is 2.27. The van der Waals surface area contributed by atoms with Crippen molar-refractivity contribution >= 4 is 31.9 Å². The Hall–Kier alpha value is -0.920. The molecule has 110 valence electrons. The van der Waals surface area contributed by atoms with Crippen molar-refractivity contribution in [3.8, 4) is 0 Å². The van der Waals surface area contributed by atoms with Crippen molar-refractivity contribution in [3.63, 3.8) is 0 Å². The van der Waals surface area contributed by atoms with Crippen LogP contribution in [0.5, 0.6) is 0 Å². The predicted molar refractivity (Wildman–Crippen MR) is 78.2 cm³/mol. The van der Waals surface area contributed by atoms with E-state index in [1.807, 2.05) is 0 Å². The van der Waals surface area contributed by atoms with Gasteiger partial charge in [0.25, 0.3) is 0 Å². The summed E-state index contributed by atoms with van der Waals surface area (Å²) >= 11 is 3.10. The van der Waals surface area contributed by atoms with E-state index < -0.39 is 16.0 Å². The van der Waals surface area contributed by atoms with Crippen LogP contribution in [0.1, 0.15) is 36.5 Å². The number of sulfonamides is 1. The van der Waals surface area contributed by atoms with Crippen LogP contribution in [-0.4, -0.2) is 25.5 Å². The first-order chi connectivity index (χ1) is 9.29. The van der Waals surface area contributed by atoms with Gasteiger partial charge in [-0.25, -0.2) is 17.9 Å². The fourth-order valence-electron chi connectivity index (χ4n) is 2.44. The molecule has 5 nitrogen and oxygen atoms in total. The minimum absolute atomic E-state index is 0.0161. The van der Waals surface area contributed by atoms with E-state index in [9.17, 15) is 13.2 Å². The van der Waals surface area contributed by atoms with Crippen molar-refractivity contribution in [1.82, 2.24) is 4.72 Å². The monoisotopic (exact) mass is 361 g/mol. The van der Waals surface area contributed by atoms with E-state index in [4.69, 9.17) is 5.11 Å². The highest BCUT2D eigenvalue weighted by atomic mass is 79.9. The van der Waals surface area contributed by atoms with Gasteiger partial charge in [-0.15, -0.1) is 0 Å². The van der Waals surface area contributed by atoms with E-state index in [1.165, 1.54) is 18.2 Å². The van der Waals surface area contributed by atoms with Gasteiger partial charge >= 0.3 is 5.97 Å². The molecule has 0 aromatic heterocycles. The predicted octanol–water partition coefficient (Wildman–Crippen LogP) is 2.61. The zero-order valence-corrected chi connectivity index (χ0v) is 13.4. The number of rotatable bonds is 4. The second kappa shape index (κ2) is 5.83. The maximum atomic E-state index is 12.3. The third-order valence-corrected chi connectivity index (χ3v) is 5.70. The van der Waals surface area contributed by atoms with Gasteiger partial charge in [-0.1, -0.05) is 6.92 Å². The minimum Gasteiger partial charge on any atom is -0.478 e. The SMILES string of the molecule is CC1CCC(NS(=O)(=O)c2ccc(Br)c(C(=O)O)c2)C1. The summed E-state index contributed by atoms with van der Waals surface area (Å²) in [7, 11) is -3.67. The number of carboxylic acids is 1. The van der Waals surface area contributed by atoms with Gasteiger partial charge in [0.1, 0.15) is 0 Å². The number of halogens is 1. The Bertz CT molecular complexity index is 629. The number of carboxylic acid groups (broad SMARTS) is 1. The molecular formula is C13H16BrNO4S. The van der Waals surface area contributed by atoms with E-state index in [0.717, 1.165) is 19.3 Å². The first-order valence-corrected chi connectivity index (χ1v) is 8.62. The van der Waals surface area contributed by atoms with Crippen LogP contribution in [0.25, 0.3) is 0 Å². The van der Waals surface area contributed by atoms with Gasteiger partial charge in [-0.3, -0.25) is 0 Å². The highest BCUT2D eigenvalue weighted by Gasteiger charge is 2.27. The first kappa shape index (κ1) is 15.5. The molecule has 20 heavy (non-hydrogen) atoms. The number of aromatic carboxylic acids is 1. The molecule has 0 bridgehead atoms. The summed E-state index contributed by atoms with van der Waals surface area (Å²) in [5, 5.41) is 9.03. The molecule has 1 aromatic carbocycles. The smallest absolute Gasteiger partial charge is 0.336 e. The lowest BCUT2D eigenvalue weighted by Crippen LogP contribution is -2.33. The molecule has 1 saturated carbocycles. The van der Waals surface area contributed by atoms with Crippen molar-refractivity contribution in [1.29, 1.82) is 0 Å². The fraction of sp³-hybridized carbons (Fsp3) is 0.462. The Morgan fingerprint density at radius 1 is 1.40 bits per heavy atom. The first-order valence-electron chi connectivity index (χ1n) is 6.35. The second-order valence-corrected chi connectivity index (χ2v) is 7.75. The van der Waals surface area contributed by atoms with E-state index in [2.05, 4.69) is 27.6 Å². The topological polar surface area (TPSA) is 83.5 Å². The summed E-state index contributed by atoms with van der Waals surface area (Å²) in [5.41, 5.74) is -0.0623. The zero-order chi connectivity index (χ0) is 14.9. The zero-order valence-electron chi connectivity index (χ0n) is 11.0. The molecular weight excluding hydrogens is 346 g/mol. The van der Waals surface area contributed by atoms with E-state index >= 15 is 0 Å². The molecule has 2 atom stereocenters. The van der Waals surface area contributed by atoms with Crippen LogP contribution in [0, 0.1) is 5.92 Å². The van der Waals surface area contributed by atoms with Crippen molar-refractivity contribution in [3.05, 3.63) is 28.2 Å². The van der Waals surface area contributed by atoms with Crippen molar-refractivity contribution in [2.45, 2.75) is 37.1 Å². The van der Waals surface area contributed by atoms with Crippen LogP contribution in [0.3, 0.4) is 0 Å². The van der Waals surface area contributed by atoms with Crippen LogP contribution in [0.2, 0.25) is 0 Å². The summed E-state index contributed by atoms with van der Waals surface area (Å²) in [6.45, 7) is 2.09. The number of nitrogens with one attached hydrogen (secondary N) is 1. The molecule has 0 amide bonds. The van der Waals surface area contributed by atoms with Crippen LogP contribution < -0.4 is 4.72 Å². The van der Waals surface area contributed by atoms with Gasteiger partial charge in [-0.05, 0) is 59.3 Å².